The predicted molar refractivity (Wildman–Crippen MR) is 90.3 cm³/mol. The van der Waals surface area contributed by atoms with E-state index in [4.69, 9.17) is 0 Å². The summed E-state index contributed by atoms with van der Waals surface area (Å²) in [5, 5.41) is 3.39. The lowest BCUT2D eigenvalue weighted by atomic mass is 9.91. The molecule has 0 radical (unpaired) electrons. The Morgan fingerprint density at radius 2 is 2.00 bits per heavy atom. The third kappa shape index (κ3) is 4.65. The molecular weight excluding hydrogens is 329 g/mol. The van der Waals surface area contributed by atoms with Crippen LogP contribution in [0.25, 0.3) is 0 Å². The molecular formula is C18H21BrFN. The van der Waals surface area contributed by atoms with Gasteiger partial charge in [-0.05, 0) is 43.1 Å². The summed E-state index contributed by atoms with van der Waals surface area (Å²) in [7, 11) is 0. The SMILES string of the molecule is CCNCC(Cc1ccc(Br)cc1F)c1cccc(C)c1. The van der Waals surface area contributed by atoms with Crippen molar-refractivity contribution in [2.45, 2.75) is 26.2 Å². The summed E-state index contributed by atoms with van der Waals surface area (Å²) in [6, 6.07) is 13.8. The van der Waals surface area contributed by atoms with Gasteiger partial charge in [-0.2, -0.15) is 0 Å². The standard InChI is InChI=1S/C18H21BrFN/c1-3-21-12-16(14-6-4-5-13(2)9-14)10-15-7-8-17(19)11-18(15)20/h4-9,11,16,21H,3,10,12H2,1-2H3. The van der Waals surface area contributed by atoms with E-state index in [1.807, 2.05) is 12.1 Å². The highest BCUT2D eigenvalue weighted by Gasteiger charge is 2.14. The minimum atomic E-state index is -0.140. The van der Waals surface area contributed by atoms with Crippen molar-refractivity contribution in [3.63, 3.8) is 0 Å². The number of rotatable bonds is 6. The number of likely N-dealkylation sites (N-methyl/N-ethyl adjacent to an activating group) is 1. The van der Waals surface area contributed by atoms with Crippen molar-refractivity contribution in [2.24, 2.45) is 0 Å². The molecule has 2 rings (SSSR count). The molecule has 0 bridgehead atoms. The van der Waals surface area contributed by atoms with Crippen molar-refractivity contribution in [3.8, 4) is 0 Å². The third-order valence-corrected chi connectivity index (χ3v) is 4.13. The molecule has 0 aliphatic heterocycles. The average Bonchev–Trinajstić information content (AvgIpc) is 2.45. The molecule has 0 heterocycles. The van der Waals surface area contributed by atoms with Crippen molar-refractivity contribution in [1.29, 1.82) is 0 Å². The summed E-state index contributed by atoms with van der Waals surface area (Å²) in [6.45, 7) is 5.96. The highest BCUT2D eigenvalue weighted by atomic mass is 79.9. The van der Waals surface area contributed by atoms with Crippen LogP contribution in [0.5, 0.6) is 0 Å². The van der Waals surface area contributed by atoms with Gasteiger partial charge in [0.1, 0.15) is 5.82 Å². The molecule has 1 atom stereocenters. The van der Waals surface area contributed by atoms with Gasteiger partial charge in [0.15, 0.2) is 0 Å². The zero-order valence-electron chi connectivity index (χ0n) is 12.5. The lowest BCUT2D eigenvalue weighted by molar-refractivity contribution is 0.561. The van der Waals surface area contributed by atoms with Crippen LogP contribution in [0.4, 0.5) is 4.39 Å². The first kappa shape index (κ1) is 16.2. The summed E-state index contributed by atoms with van der Waals surface area (Å²) in [5.74, 6) is 0.138. The van der Waals surface area contributed by atoms with E-state index in [-0.39, 0.29) is 11.7 Å². The van der Waals surface area contributed by atoms with Gasteiger partial charge in [0, 0.05) is 16.9 Å². The second-order valence-electron chi connectivity index (χ2n) is 5.36. The predicted octanol–water partition coefficient (Wildman–Crippen LogP) is 4.83. The molecule has 112 valence electrons. The van der Waals surface area contributed by atoms with Crippen molar-refractivity contribution in [3.05, 3.63) is 69.4 Å². The maximum atomic E-state index is 14.1. The van der Waals surface area contributed by atoms with Crippen LogP contribution < -0.4 is 5.32 Å². The lowest BCUT2D eigenvalue weighted by Crippen LogP contribution is -2.23. The van der Waals surface area contributed by atoms with Crippen molar-refractivity contribution in [2.75, 3.05) is 13.1 Å². The molecule has 0 aliphatic rings. The lowest BCUT2D eigenvalue weighted by Gasteiger charge is -2.19. The van der Waals surface area contributed by atoms with E-state index >= 15 is 0 Å². The first-order chi connectivity index (χ1) is 10.1. The first-order valence-corrected chi connectivity index (χ1v) is 8.10. The molecule has 0 saturated carbocycles. The molecule has 1 unspecified atom stereocenters. The molecule has 0 fully saturated rings. The largest absolute Gasteiger partial charge is 0.316 e. The summed E-state index contributed by atoms with van der Waals surface area (Å²) >= 11 is 3.31. The van der Waals surface area contributed by atoms with Gasteiger partial charge in [0.25, 0.3) is 0 Å². The third-order valence-electron chi connectivity index (χ3n) is 3.64. The van der Waals surface area contributed by atoms with Gasteiger partial charge in [-0.25, -0.2) is 4.39 Å². The molecule has 2 aromatic rings. The van der Waals surface area contributed by atoms with Crippen LogP contribution in [0.2, 0.25) is 0 Å². The quantitative estimate of drug-likeness (QED) is 0.787. The maximum absolute atomic E-state index is 14.1. The van der Waals surface area contributed by atoms with Crippen LogP contribution in [0.1, 0.15) is 29.5 Å². The Hall–Kier alpha value is -1.19. The van der Waals surface area contributed by atoms with Crippen LogP contribution >= 0.6 is 15.9 Å². The molecule has 0 spiro atoms. The van der Waals surface area contributed by atoms with E-state index < -0.39 is 0 Å². The Morgan fingerprint density at radius 3 is 2.67 bits per heavy atom. The average molecular weight is 350 g/mol. The molecule has 1 nitrogen and oxygen atoms in total. The molecule has 3 heteroatoms. The Morgan fingerprint density at radius 1 is 1.19 bits per heavy atom. The molecule has 0 amide bonds. The topological polar surface area (TPSA) is 12.0 Å². The molecule has 0 aromatic heterocycles. The smallest absolute Gasteiger partial charge is 0.127 e. The van der Waals surface area contributed by atoms with Crippen LogP contribution in [0.3, 0.4) is 0 Å². The van der Waals surface area contributed by atoms with E-state index in [1.54, 1.807) is 0 Å². The zero-order valence-corrected chi connectivity index (χ0v) is 14.1. The van der Waals surface area contributed by atoms with E-state index in [9.17, 15) is 4.39 Å². The van der Waals surface area contributed by atoms with Crippen LogP contribution in [-0.2, 0) is 6.42 Å². The number of benzene rings is 2. The van der Waals surface area contributed by atoms with E-state index in [2.05, 4.69) is 59.4 Å². The van der Waals surface area contributed by atoms with E-state index in [1.165, 1.54) is 17.2 Å². The monoisotopic (exact) mass is 349 g/mol. The van der Waals surface area contributed by atoms with Gasteiger partial charge < -0.3 is 5.32 Å². The molecule has 1 N–H and O–H groups in total. The second kappa shape index (κ2) is 7.71. The highest BCUT2D eigenvalue weighted by molar-refractivity contribution is 9.10. The van der Waals surface area contributed by atoms with Gasteiger partial charge in [-0.1, -0.05) is 58.7 Å². The fourth-order valence-electron chi connectivity index (χ4n) is 2.50. The number of hydrogen-bond acceptors (Lipinski definition) is 1. The second-order valence-corrected chi connectivity index (χ2v) is 6.27. The summed E-state index contributed by atoms with van der Waals surface area (Å²) < 4.78 is 14.9. The van der Waals surface area contributed by atoms with Gasteiger partial charge in [0.2, 0.25) is 0 Å². The summed E-state index contributed by atoms with van der Waals surface area (Å²) in [5.41, 5.74) is 3.27. The Balaban J connectivity index is 2.23. The molecule has 21 heavy (non-hydrogen) atoms. The zero-order chi connectivity index (χ0) is 15.2. The number of aryl methyl sites for hydroxylation is 1. The van der Waals surface area contributed by atoms with Crippen LogP contribution in [-0.4, -0.2) is 13.1 Å². The van der Waals surface area contributed by atoms with Gasteiger partial charge in [-0.15, -0.1) is 0 Å². The van der Waals surface area contributed by atoms with Crippen molar-refractivity contribution >= 4 is 15.9 Å². The maximum Gasteiger partial charge on any atom is 0.127 e. The van der Waals surface area contributed by atoms with Crippen LogP contribution in [0.15, 0.2) is 46.9 Å². The minimum absolute atomic E-state index is 0.140. The number of halogens is 2. The van der Waals surface area contributed by atoms with Gasteiger partial charge in [-0.3, -0.25) is 0 Å². The molecule has 2 aromatic carbocycles. The van der Waals surface area contributed by atoms with E-state index in [0.717, 1.165) is 23.1 Å². The highest BCUT2D eigenvalue weighted by Crippen LogP contribution is 2.24. The number of hydrogen-bond donors (Lipinski definition) is 1. The number of nitrogens with one attached hydrogen (secondary N) is 1. The minimum Gasteiger partial charge on any atom is -0.316 e. The Labute approximate surface area is 134 Å². The molecule has 0 aliphatic carbocycles. The fraction of sp³-hybridized carbons (Fsp3) is 0.333. The van der Waals surface area contributed by atoms with Gasteiger partial charge in [0.05, 0.1) is 0 Å². The summed E-state index contributed by atoms with van der Waals surface area (Å²) in [6.07, 6.45) is 0.704. The van der Waals surface area contributed by atoms with E-state index in [0.29, 0.717) is 6.42 Å². The Bertz CT molecular complexity index is 598. The molecule has 0 saturated heterocycles. The van der Waals surface area contributed by atoms with Crippen molar-refractivity contribution in [1.82, 2.24) is 5.32 Å². The summed E-state index contributed by atoms with van der Waals surface area (Å²) in [4.78, 5) is 0. The van der Waals surface area contributed by atoms with Crippen LogP contribution in [0, 0.1) is 12.7 Å². The van der Waals surface area contributed by atoms with Gasteiger partial charge >= 0.3 is 0 Å². The first-order valence-electron chi connectivity index (χ1n) is 7.31. The Kier molecular flexibility index (Phi) is 5.95. The van der Waals surface area contributed by atoms with Crippen molar-refractivity contribution < 1.29 is 4.39 Å². The fourth-order valence-corrected chi connectivity index (χ4v) is 2.84. The normalized spacial score (nSPS) is 12.4.